The lowest BCUT2D eigenvalue weighted by Gasteiger charge is -2.32. The average Bonchev–Trinajstić information content (AvgIpc) is 2.76. The molecule has 3 aromatic rings. The Hall–Kier alpha value is -2.87. The van der Waals surface area contributed by atoms with Crippen LogP contribution in [0.2, 0.25) is 0 Å². The monoisotopic (exact) mass is 455 g/mol. The van der Waals surface area contributed by atoms with Gasteiger partial charge in [0.2, 0.25) is 5.91 Å². The van der Waals surface area contributed by atoms with Crippen LogP contribution < -0.4 is 10.2 Å². The maximum absolute atomic E-state index is 14.0. The molecule has 0 radical (unpaired) electrons. The molecule has 0 saturated carbocycles. The molecule has 0 bridgehead atoms. The lowest BCUT2D eigenvalue weighted by Crippen LogP contribution is -2.41. The second kappa shape index (κ2) is 8.65. The normalized spacial score (nSPS) is 16.5. The minimum absolute atomic E-state index is 0.183. The van der Waals surface area contributed by atoms with E-state index in [1.54, 1.807) is 24.5 Å². The van der Waals surface area contributed by atoms with Crippen LogP contribution in [-0.4, -0.2) is 34.2 Å². The average molecular weight is 456 g/mol. The van der Waals surface area contributed by atoms with E-state index in [9.17, 15) is 9.18 Å². The summed E-state index contributed by atoms with van der Waals surface area (Å²) >= 11 is 3.22. The third kappa shape index (κ3) is 4.59. The van der Waals surface area contributed by atoms with Crippen LogP contribution in [0.3, 0.4) is 0 Å². The van der Waals surface area contributed by atoms with Gasteiger partial charge in [0.1, 0.15) is 5.82 Å². The zero-order chi connectivity index (χ0) is 20.2. The third-order valence-electron chi connectivity index (χ3n) is 4.93. The van der Waals surface area contributed by atoms with Gasteiger partial charge in [0.05, 0.1) is 17.3 Å². The van der Waals surface area contributed by atoms with Crippen molar-refractivity contribution in [2.75, 3.05) is 23.3 Å². The van der Waals surface area contributed by atoms with Gasteiger partial charge in [-0.2, -0.15) is 0 Å². The maximum Gasteiger partial charge on any atom is 0.229 e. The molecular formula is C21H19BrFN5O. The Labute approximate surface area is 176 Å². The number of halogens is 2. The van der Waals surface area contributed by atoms with Crippen molar-refractivity contribution in [1.29, 1.82) is 0 Å². The van der Waals surface area contributed by atoms with Gasteiger partial charge in [-0.25, -0.2) is 4.39 Å². The molecule has 4 rings (SSSR count). The quantitative estimate of drug-likeness (QED) is 0.634. The van der Waals surface area contributed by atoms with Gasteiger partial charge < -0.3 is 10.2 Å². The zero-order valence-corrected chi connectivity index (χ0v) is 17.1. The predicted molar refractivity (Wildman–Crippen MR) is 113 cm³/mol. The molecule has 0 aliphatic carbocycles. The van der Waals surface area contributed by atoms with E-state index in [1.807, 2.05) is 24.3 Å². The van der Waals surface area contributed by atoms with Crippen molar-refractivity contribution in [3.8, 4) is 11.3 Å². The molecule has 0 spiro atoms. The third-order valence-corrected chi connectivity index (χ3v) is 5.42. The molecule has 1 aromatic carbocycles. The summed E-state index contributed by atoms with van der Waals surface area (Å²) in [5.74, 6) is -0.154. The van der Waals surface area contributed by atoms with Crippen molar-refractivity contribution >= 4 is 33.3 Å². The van der Waals surface area contributed by atoms with E-state index in [0.717, 1.165) is 36.5 Å². The van der Waals surface area contributed by atoms with Crippen molar-refractivity contribution in [2.24, 2.45) is 5.92 Å². The topological polar surface area (TPSA) is 71.0 Å². The summed E-state index contributed by atoms with van der Waals surface area (Å²) in [5.41, 5.74) is 1.91. The van der Waals surface area contributed by atoms with Crippen LogP contribution in [0.1, 0.15) is 12.8 Å². The number of nitrogens with one attached hydrogen (secondary N) is 1. The maximum atomic E-state index is 14.0. The minimum atomic E-state index is -0.460. The Bertz CT molecular complexity index is 1000. The summed E-state index contributed by atoms with van der Waals surface area (Å²) in [6.45, 7) is 1.33. The van der Waals surface area contributed by atoms with Gasteiger partial charge in [-0.1, -0.05) is 15.9 Å². The number of amides is 1. The lowest BCUT2D eigenvalue weighted by atomic mass is 9.97. The van der Waals surface area contributed by atoms with Gasteiger partial charge >= 0.3 is 0 Å². The molecule has 1 amide bonds. The highest BCUT2D eigenvalue weighted by molar-refractivity contribution is 9.10. The number of carbonyl (C=O) groups is 1. The number of carbonyl (C=O) groups excluding carboxylic acids is 1. The van der Waals surface area contributed by atoms with Crippen molar-refractivity contribution < 1.29 is 9.18 Å². The Kier molecular flexibility index (Phi) is 5.80. The molecule has 2 aromatic heterocycles. The number of hydrogen-bond donors (Lipinski definition) is 1. The highest BCUT2D eigenvalue weighted by atomic mass is 79.9. The Morgan fingerprint density at radius 2 is 1.97 bits per heavy atom. The highest BCUT2D eigenvalue weighted by Gasteiger charge is 2.27. The van der Waals surface area contributed by atoms with Crippen LogP contribution >= 0.6 is 15.9 Å². The molecule has 1 saturated heterocycles. The molecule has 6 nitrogen and oxygen atoms in total. The molecule has 1 fully saturated rings. The van der Waals surface area contributed by atoms with E-state index < -0.39 is 5.82 Å². The molecule has 1 N–H and O–H groups in total. The van der Waals surface area contributed by atoms with Crippen LogP contribution in [0.4, 0.5) is 15.9 Å². The molecule has 148 valence electrons. The van der Waals surface area contributed by atoms with E-state index in [0.29, 0.717) is 11.0 Å². The standard InChI is InChI=1S/C21H19BrFN5O/c22-16-3-4-19(17(23)12-16)25-21(29)15-2-1-11-28(13-15)20-6-5-18(26-27-20)14-7-9-24-10-8-14/h3-10,12,15H,1-2,11,13H2,(H,25,29). The van der Waals surface area contributed by atoms with Crippen molar-refractivity contribution in [1.82, 2.24) is 15.2 Å². The van der Waals surface area contributed by atoms with Gasteiger partial charge in [0.15, 0.2) is 5.82 Å². The molecule has 1 aliphatic rings. The van der Waals surface area contributed by atoms with Crippen LogP contribution in [0.25, 0.3) is 11.3 Å². The summed E-state index contributed by atoms with van der Waals surface area (Å²) in [6.07, 6.45) is 5.04. The summed E-state index contributed by atoms with van der Waals surface area (Å²) in [4.78, 5) is 18.7. The Morgan fingerprint density at radius 1 is 1.14 bits per heavy atom. The van der Waals surface area contributed by atoms with Crippen molar-refractivity contribution in [2.45, 2.75) is 12.8 Å². The number of nitrogens with zero attached hydrogens (tertiary/aromatic N) is 4. The molecule has 29 heavy (non-hydrogen) atoms. The number of hydrogen-bond acceptors (Lipinski definition) is 5. The van der Waals surface area contributed by atoms with Gasteiger partial charge in [-0.15, -0.1) is 10.2 Å². The number of aromatic nitrogens is 3. The lowest BCUT2D eigenvalue weighted by molar-refractivity contribution is -0.120. The summed E-state index contributed by atoms with van der Waals surface area (Å²) in [5, 5.41) is 11.4. The molecule has 1 atom stereocenters. The van der Waals surface area contributed by atoms with Gasteiger partial charge in [-0.05, 0) is 55.3 Å². The Balaban J connectivity index is 1.43. The first-order valence-corrected chi connectivity index (χ1v) is 10.1. The molecular weight excluding hydrogens is 437 g/mol. The van der Waals surface area contributed by atoms with Crippen molar-refractivity contribution in [3.63, 3.8) is 0 Å². The van der Waals surface area contributed by atoms with Crippen LogP contribution in [0.15, 0.2) is 59.3 Å². The first kappa shape index (κ1) is 19.4. The fourth-order valence-electron chi connectivity index (χ4n) is 3.40. The smallest absolute Gasteiger partial charge is 0.229 e. The van der Waals surface area contributed by atoms with E-state index in [2.05, 4.69) is 41.3 Å². The largest absolute Gasteiger partial charge is 0.354 e. The second-order valence-corrected chi connectivity index (χ2v) is 7.83. The fraction of sp³-hybridized carbons (Fsp3) is 0.238. The van der Waals surface area contributed by atoms with Gasteiger partial charge in [-0.3, -0.25) is 9.78 Å². The van der Waals surface area contributed by atoms with Crippen LogP contribution in [0, 0.1) is 11.7 Å². The van der Waals surface area contributed by atoms with E-state index in [1.165, 1.54) is 6.07 Å². The zero-order valence-electron chi connectivity index (χ0n) is 15.6. The molecule has 3 heterocycles. The number of pyridine rings is 1. The van der Waals surface area contributed by atoms with E-state index in [4.69, 9.17) is 0 Å². The van der Waals surface area contributed by atoms with Crippen LogP contribution in [0.5, 0.6) is 0 Å². The molecule has 8 heteroatoms. The fourth-order valence-corrected chi connectivity index (χ4v) is 3.73. The van der Waals surface area contributed by atoms with Gasteiger partial charge in [0, 0.05) is 35.5 Å². The van der Waals surface area contributed by atoms with Gasteiger partial charge in [0.25, 0.3) is 0 Å². The minimum Gasteiger partial charge on any atom is -0.354 e. The summed E-state index contributed by atoms with van der Waals surface area (Å²) < 4.78 is 14.7. The highest BCUT2D eigenvalue weighted by Crippen LogP contribution is 2.25. The summed E-state index contributed by atoms with van der Waals surface area (Å²) in [7, 11) is 0. The Morgan fingerprint density at radius 3 is 2.69 bits per heavy atom. The van der Waals surface area contributed by atoms with E-state index >= 15 is 0 Å². The number of piperidine rings is 1. The van der Waals surface area contributed by atoms with Crippen molar-refractivity contribution in [3.05, 3.63) is 65.1 Å². The predicted octanol–water partition coefficient (Wildman–Crippen LogP) is 4.30. The first-order chi connectivity index (χ1) is 14.1. The SMILES string of the molecule is O=C(Nc1ccc(Br)cc1F)C1CCCN(c2ccc(-c3ccncc3)nn2)C1. The number of benzene rings is 1. The molecule has 1 aliphatic heterocycles. The second-order valence-electron chi connectivity index (χ2n) is 6.91. The molecule has 1 unspecified atom stereocenters. The first-order valence-electron chi connectivity index (χ1n) is 9.35. The number of rotatable bonds is 4. The summed E-state index contributed by atoms with van der Waals surface area (Å²) in [6, 6.07) is 12.2. The van der Waals surface area contributed by atoms with Crippen LogP contribution in [-0.2, 0) is 4.79 Å². The van der Waals surface area contributed by atoms with E-state index in [-0.39, 0.29) is 17.5 Å². The number of anilines is 2.